The predicted octanol–water partition coefficient (Wildman–Crippen LogP) is 2.64. The molecule has 0 unspecified atom stereocenters. The highest BCUT2D eigenvalue weighted by Gasteiger charge is 2.28. The van der Waals surface area contributed by atoms with Gasteiger partial charge in [0.25, 0.3) is 5.56 Å². The highest BCUT2D eigenvalue weighted by molar-refractivity contribution is 5.40. The van der Waals surface area contributed by atoms with Gasteiger partial charge in [-0.15, -0.1) is 0 Å². The molecule has 2 aromatic heterocycles. The summed E-state index contributed by atoms with van der Waals surface area (Å²) in [5, 5.41) is 0. The Morgan fingerprint density at radius 1 is 1.12 bits per heavy atom. The van der Waals surface area contributed by atoms with E-state index in [0.29, 0.717) is 0 Å². The lowest BCUT2D eigenvalue weighted by molar-refractivity contribution is 0.0295. The lowest BCUT2D eigenvalue weighted by Crippen LogP contribution is -2.37. The summed E-state index contributed by atoms with van der Waals surface area (Å²) < 4.78 is 7.18. The summed E-state index contributed by atoms with van der Waals surface area (Å²) in [5.41, 5.74) is 2.59. The second-order valence-corrected chi connectivity index (χ2v) is 7.51. The van der Waals surface area contributed by atoms with Crippen LogP contribution in [0.2, 0.25) is 0 Å². The maximum absolute atomic E-state index is 12.4. The highest BCUT2D eigenvalue weighted by Crippen LogP contribution is 2.32. The van der Waals surface area contributed by atoms with E-state index in [1.807, 2.05) is 25.1 Å². The van der Waals surface area contributed by atoms with Crippen molar-refractivity contribution in [1.82, 2.24) is 14.3 Å². The van der Waals surface area contributed by atoms with Gasteiger partial charge >= 0.3 is 0 Å². The van der Waals surface area contributed by atoms with Gasteiger partial charge in [-0.1, -0.05) is 6.07 Å². The first-order valence-electron chi connectivity index (χ1n) is 9.49. The lowest BCUT2D eigenvalue weighted by atomic mass is 9.80. The Balaban J connectivity index is 1.41. The number of ether oxygens (including phenoxy) is 1. The van der Waals surface area contributed by atoms with E-state index in [9.17, 15) is 4.79 Å². The average Bonchev–Trinajstić information content (AvgIpc) is 2.63. The SMILES string of the molecule is Cc1cccc2nc(CN3CCC(C4CCOCC4)CC3)cc(=O)n12. The lowest BCUT2D eigenvalue weighted by Gasteiger charge is -2.37. The van der Waals surface area contributed by atoms with Crippen LogP contribution < -0.4 is 5.56 Å². The van der Waals surface area contributed by atoms with Crippen molar-refractivity contribution in [3.05, 3.63) is 46.0 Å². The largest absolute Gasteiger partial charge is 0.381 e. The van der Waals surface area contributed by atoms with Crippen molar-refractivity contribution in [3.8, 4) is 0 Å². The summed E-state index contributed by atoms with van der Waals surface area (Å²) in [6.45, 7) is 6.81. The number of nitrogens with zero attached hydrogens (tertiary/aromatic N) is 3. The highest BCUT2D eigenvalue weighted by atomic mass is 16.5. The summed E-state index contributed by atoms with van der Waals surface area (Å²) in [6.07, 6.45) is 4.98. The fourth-order valence-electron chi connectivity index (χ4n) is 4.44. The summed E-state index contributed by atoms with van der Waals surface area (Å²) in [7, 11) is 0. The number of likely N-dealkylation sites (tertiary alicyclic amines) is 1. The molecular formula is C20H27N3O2. The van der Waals surface area contributed by atoms with Gasteiger partial charge in [-0.3, -0.25) is 14.1 Å². The molecule has 0 spiro atoms. The Morgan fingerprint density at radius 2 is 1.84 bits per heavy atom. The molecule has 4 heterocycles. The molecule has 5 heteroatoms. The maximum atomic E-state index is 12.4. The van der Waals surface area contributed by atoms with E-state index >= 15 is 0 Å². The molecule has 134 valence electrons. The number of hydrogen-bond acceptors (Lipinski definition) is 4. The molecule has 25 heavy (non-hydrogen) atoms. The summed E-state index contributed by atoms with van der Waals surface area (Å²) in [6, 6.07) is 7.51. The van der Waals surface area contributed by atoms with Gasteiger partial charge in [-0.05, 0) is 69.7 Å². The third-order valence-corrected chi connectivity index (χ3v) is 5.88. The number of pyridine rings is 1. The molecule has 0 atom stereocenters. The third kappa shape index (κ3) is 3.62. The number of rotatable bonds is 3. The van der Waals surface area contributed by atoms with Crippen LogP contribution in [0.4, 0.5) is 0 Å². The molecule has 0 saturated carbocycles. The molecular weight excluding hydrogens is 314 g/mol. The van der Waals surface area contributed by atoms with E-state index in [-0.39, 0.29) is 5.56 Å². The van der Waals surface area contributed by atoms with Gasteiger partial charge < -0.3 is 4.74 Å². The van der Waals surface area contributed by atoms with Gasteiger partial charge in [0.1, 0.15) is 5.65 Å². The zero-order chi connectivity index (χ0) is 17.2. The summed E-state index contributed by atoms with van der Waals surface area (Å²) in [4.78, 5) is 19.6. The molecule has 2 saturated heterocycles. The number of aromatic nitrogens is 2. The molecule has 4 rings (SSSR count). The third-order valence-electron chi connectivity index (χ3n) is 5.88. The van der Waals surface area contributed by atoms with Crippen molar-refractivity contribution < 1.29 is 4.74 Å². The fourth-order valence-corrected chi connectivity index (χ4v) is 4.44. The number of aryl methyl sites for hydroxylation is 1. The predicted molar refractivity (Wildman–Crippen MR) is 97.7 cm³/mol. The average molecular weight is 341 g/mol. The molecule has 0 aromatic carbocycles. The number of piperidine rings is 1. The van der Waals surface area contributed by atoms with Crippen molar-refractivity contribution in [3.63, 3.8) is 0 Å². The van der Waals surface area contributed by atoms with E-state index in [4.69, 9.17) is 9.72 Å². The quantitative estimate of drug-likeness (QED) is 0.861. The molecule has 0 radical (unpaired) electrons. The Hall–Kier alpha value is -1.72. The summed E-state index contributed by atoms with van der Waals surface area (Å²) in [5.74, 6) is 1.69. The van der Waals surface area contributed by atoms with Crippen LogP contribution in [0.15, 0.2) is 29.1 Å². The van der Waals surface area contributed by atoms with Crippen molar-refractivity contribution >= 4 is 5.65 Å². The van der Waals surface area contributed by atoms with Gasteiger partial charge in [-0.2, -0.15) is 0 Å². The van der Waals surface area contributed by atoms with Gasteiger partial charge in [-0.25, -0.2) is 4.98 Å². The van der Waals surface area contributed by atoms with Crippen molar-refractivity contribution in [2.24, 2.45) is 11.8 Å². The molecule has 2 fully saturated rings. The Kier molecular flexibility index (Phi) is 4.86. The van der Waals surface area contributed by atoms with Crippen LogP contribution in [-0.2, 0) is 11.3 Å². The van der Waals surface area contributed by atoms with Crippen LogP contribution in [-0.4, -0.2) is 40.6 Å². The Bertz CT molecular complexity index is 787. The Labute approximate surface area is 148 Å². The number of fused-ring (bicyclic) bond motifs is 1. The van der Waals surface area contributed by atoms with E-state index in [0.717, 1.165) is 61.7 Å². The second-order valence-electron chi connectivity index (χ2n) is 7.51. The van der Waals surface area contributed by atoms with Crippen LogP contribution in [0, 0.1) is 18.8 Å². The van der Waals surface area contributed by atoms with Crippen LogP contribution in [0.25, 0.3) is 5.65 Å². The van der Waals surface area contributed by atoms with Gasteiger partial charge in [0.15, 0.2) is 0 Å². The molecule has 2 aromatic rings. The minimum Gasteiger partial charge on any atom is -0.381 e. The van der Waals surface area contributed by atoms with E-state index in [2.05, 4.69) is 4.90 Å². The molecule has 2 aliphatic rings. The second kappa shape index (κ2) is 7.26. The molecule has 0 N–H and O–H groups in total. The van der Waals surface area contributed by atoms with Gasteiger partial charge in [0, 0.05) is 31.5 Å². The van der Waals surface area contributed by atoms with Crippen LogP contribution in [0.1, 0.15) is 37.1 Å². The topological polar surface area (TPSA) is 46.8 Å². The van der Waals surface area contributed by atoms with Gasteiger partial charge in [0.05, 0.1) is 5.69 Å². The zero-order valence-corrected chi connectivity index (χ0v) is 15.0. The minimum atomic E-state index is 0.0233. The minimum absolute atomic E-state index is 0.0233. The molecule has 0 amide bonds. The normalized spacial score (nSPS) is 21.0. The first kappa shape index (κ1) is 16.7. The number of hydrogen-bond donors (Lipinski definition) is 0. The fraction of sp³-hybridized carbons (Fsp3) is 0.600. The van der Waals surface area contributed by atoms with Crippen LogP contribution >= 0.6 is 0 Å². The van der Waals surface area contributed by atoms with Crippen molar-refractivity contribution in [2.75, 3.05) is 26.3 Å². The summed E-state index contributed by atoms with van der Waals surface area (Å²) >= 11 is 0. The Morgan fingerprint density at radius 3 is 2.60 bits per heavy atom. The van der Waals surface area contributed by atoms with Crippen LogP contribution in [0.3, 0.4) is 0 Å². The molecule has 5 nitrogen and oxygen atoms in total. The molecule has 0 bridgehead atoms. The van der Waals surface area contributed by atoms with Crippen molar-refractivity contribution in [1.29, 1.82) is 0 Å². The van der Waals surface area contributed by atoms with E-state index in [1.165, 1.54) is 25.7 Å². The standard InChI is InChI=1S/C20H27N3O2/c1-15-3-2-4-19-21-18(13-20(24)23(15)19)14-22-9-5-16(6-10-22)17-7-11-25-12-8-17/h2-4,13,16-17H,5-12,14H2,1H3. The molecule has 2 aliphatic heterocycles. The molecule has 0 aliphatic carbocycles. The first-order valence-corrected chi connectivity index (χ1v) is 9.49. The van der Waals surface area contributed by atoms with Gasteiger partial charge in [0.2, 0.25) is 0 Å². The van der Waals surface area contributed by atoms with Crippen LogP contribution in [0.5, 0.6) is 0 Å². The van der Waals surface area contributed by atoms with E-state index < -0.39 is 0 Å². The van der Waals surface area contributed by atoms with Crippen molar-refractivity contribution in [2.45, 2.75) is 39.2 Å². The smallest absolute Gasteiger partial charge is 0.258 e. The monoisotopic (exact) mass is 341 g/mol. The zero-order valence-electron chi connectivity index (χ0n) is 15.0. The maximum Gasteiger partial charge on any atom is 0.258 e. The van der Waals surface area contributed by atoms with E-state index in [1.54, 1.807) is 10.5 Å². The first-order chi connectivity index (χ1) is 12.2.